The van der Waals surface area contributed by atoms with Crippen LogP contribution in [0.25, 0.3) is 0 Å². The molecule has 0 saturated carbocycles. The lowest BCUT2D eigenvalue weighted by molar-refractivity contribution is -0.125. The number of anilines is 1. The summed E-state index contributed by atoms with van der Waals surface area (Å²) < 4.78 is 10.8. The van der Waals surface area contributed by atoms with Crippen LogP contribution in [0.3, 0.4) is 0 Å². The number of nitrogens with one attached hydrogen (secondary N) is 1. The summed E-state index contributed by atoms with van der Waals surface area (Å²) in [4.78, 5) is 34.2. The molecule has 1 unspecified atom stereocenters. The topological polar surface area (TPSA) is 99.1 Å². The highest BCUT2D eigenvalue weighted by Crippen LogP contribution is 2.28. The predicted octanol–water partition coefficient (Wildman–Crippen LogP) is 4.86. The van der Waals surface area contributed by atoms with Gasteiger partial charge in [-0.2, -0.15) is 0 Å². The SMILES string of the molecule is CC(C)OC(=O)OC(c1ccccc1)c1ccc(NC(=O)[C@@H]2CC(c3cccnc3)=NO2)cc1. The Balaban J connectivity index is 1.42. The van der Waals surface area contributed by atoms with Gasteiger partial charge >= 0.3 is 6.16 Å². The Hall–Kier alpha value is -4.20. The number of aromatic nitrogens is 1. The second-order valence-electron chi connectivity index (χ2n) is 8.01. The van der Waals surface area contributed by atoms with Gasteiger partial charge in [0.2, 0.25) is 6.10 Å². The normalized spacial score (nSPS) is 15.7. The van der Waals surface area contributed by atoms with Gasteiger partial charge in [-0.05, 0) is 49.2 Å². The average Bonchev–Trinajstić information content (AvgIpc) is 3.35. The van der Waals surface area contributed by atoms with E-state index in [4.69, 9.17) is 14.3 Å². The summed E-state index contributed by atoms with van der Waals surface area (Å²) in [5, 5.41) is 6.87. The number of hydrogen-bond donors (Lipinski definition) is 1. The number of pyridine rings is 1. The van der Waals surface area contributed by atoms with Crippen LogP contribution >= 0.6 is 0 Å². The summed E-state index contributed by atoms with van der Waals surface area (Å²) in [6.45, 7) is 3.52. The van der Waals surface area contributed by atoms with E-state index in [0.717, 1.165) is 16.7 Å². The molecule has 1 N–H and O–H groups in total. The van der Waals surface area contributed by atoms with Crippen molar-refractivity contribution in [2.75, 3.05) is 5.32 Å². The molecule has 8 heteroatoms. The number of ether oxygens (including phenoxy) is 2. The number of oxime groups is 1. The molecule has 0 saturated heterocycles. The summed E-state index contributed by atoms with van der Waals surface area (Å²) in [6, 6.07) is 20.1. The predicted molar refractivity (Wildman–Crippen MR) is 126 cm³/mol. The third-order valence-corrected chi connectivity index (χ3v) is 5.09. The molecule has 0 aliphatic carbocycles. The zero-order chi connectivity index (χ0) is 23.9. The van der Waals surface area contributed by atoms with Crippen molar-refractivity contribution in [1.82, 2.24) is 4.98 Å². The van der Waals surface area contributed by atoms with Gasteiger partial charge in [0.25, 0.3) is 5.91 Å². The van der Waals surface area contributed by atoms with E-state index in [1.165, 1.54) is 0 Å². The molecular formula is C26H25N3O5. The van der Waals surface area contributed by atoms with Crippen LogP contribution in [0.1, 0.15) is 43.1 Å². The molecule has 3 aromatic rings. The van der Waals surface area contributed by atoms with E-state index >= 15 is 0 Å². The molecule has 0 radical (unpaired) electrons. The Morgan fingerprint density at radius 2 is 1.71 bits per heavy atom. The fourth-order valence-corrected chi connectivity index (χ4v) is 3.46. The maximum Gasteiger partial charge on any atom is 0.509 e. The van der Waals surface area contributed by atoms with Crippen LogP contribution in [-0.2, 0) is 19.1 Å². The minimum Gasteiger partial charge on any atom is -0.432 e. The fraction of sp³-hybridized carbons (Fsp3) is 0.231. The maximum absolute atomic E-state index is 12.7. The molecule has 1 amide bonds. The molecule has 0 fully saturated rings. The number of benzene rings is 2. The first-order chi connectivity index (χ1) is 16.5. The van der Waals surface area contributed by atoms with E-state index in [-0.39, 0.29) is 12.0 Å². The lowest BCUT2D eigenvalue weighted by Crippen LogP contribution is -2.28. The zero-order valence-electron chi connectivity index (χ0n) is 18.9. The Labute approximate surface area is 197 Å². The van der Waals surface area contributed by atoms with Crippen molar-refractivity contribution in [3.05, 3.63) is 95.8 Å². The molecule has 34 heavy (non-hydrogen) atoms. The minimum absolute atomic E-state index is 0.290. The number of carbonyl (C=O) groups is 2. The molecule has 4 rings (SSSR count). The fourth-order valence-electron chi connectivity index (χ4n) is 3.46. The minimum atomic E-state index is -0.746. The van der Waals surface area contributed by atoms with Crippen molar-refractivity contribution in [3.8, 4) is 0 Å². The molecule has 0 bridgehead atoms. The first kappa shape index (κ1) is 23.0. The Bertz CT molecular complexity index is 1150. The second-order valence-corrected chi connectivity index (χ2v) is 8.01. The average molecular weight is 460 g/mol. The molecule has 1 aliphatic rings. The van der Waals surface area contributed by atoms with Crippen molar-refractivity contribution in [2.45, 2.75) is 38.6 Å². The summed E-state index contributed by atoms with van der Waals surface area (Å²) in [6.07, 6.45) is 1.31. The molecule has 1 aliphatic heterocycles. The summed E-state index contributed by atoms with van der Waals surface area (Å²) >= 11 is 0. The van der Waals surface area contributed by atoms with Crippen LogP contribution in [0.15, 0.2) is 84.3 Å². The number of carbonyl (C=O) groups excluding carboxylic acids is 2. The van der Waals surface area contributed by atoms with Crippen LogP contribution in [-0.4, -0.2) is 35.0 Å². The monoisotopic (exact) mass is 459 g/mol. The highest BCUT2D eigenvalue weighted by Gasteiger charge is 2.29. The maximum atomic E-state index is 12.7. The molecule has 2 atom stereocenters. The zero-order valence-corrected chi connectivity index (χ0v) is 18.9. The van der Waals surface area contributed by atoms with E-state index < -0.39 is 18.4 Å². The number of hydrogen-bond acceptors (Lipinski definition) is 7. The van der Waals surface area contributed by atoms with E-state index in [2.05, 4.69) is 15.5 Å². The molecule has 2 heterocycles. The quantitative estimate of drug-likeness (QED) is 0.507. The van der Waals surface area contributed by atoms with E-state index in [1.54, 1.807) is 50.5 Å². The lowest BCUT2D eigenvalue weighted by atomic mass is 10.0. The first-order valence-electron chi connectivity index (χ1n) is 11.0. The molecule has 174 valence electrons. The summed E-state index contributed by atoms with van der Waals surface area (Å²) in [5.74, 6) is -0.299. The van der Waals surface area contributed by atoms with Crippen molar-refractivity contribution in [1.29, 1.82) is 0 Å². The van der Waals surface area contributed by atoms with Gasteiger partial charge in [-0.25, -0.2) is 4.79 Å². The van der Waals surface area contributed by atoms with Crippen LogP contribution in [0.4, 0.5) is 10.5 Å². The number of nitrogens with zero attached hydrogens (tertiary/aromatic N) is 2. The second kappa shape index (κ2) is 10.6. The molecule has 8 nitrogen and oxygen atoms in total. The summed E-state index contributed by atoms with van der Waals surface area (Å²) in [5.41, 5.74) is 3.64. The van der Waals surface area contributed by atoms with Crippen LogP contribution < -0.4 is 5.32 Å². The highest BCUT2D eigenvalue weighted by molar-refractivity contribution is 6.05. The standard InChI is InChI=1S/C26H25N3O5/c1-17(2)32-26(31)33-24(18-7-4-3-5-8-18)19-10-12-21(13-11-19)28-25(30)23-15-22(29-34-23)20-9-6-14-27-16-20/h3-14,16-17,23-24H,15H2,1-2H3,(H,28,30)/t23-,24?/m0/s1. The van der Waals surface area contributed by atoms with Crippen molar-refractivity contribution < 1.29 is 23.9 Å². The van der Waals surface area contributed by atoms with Crippen molar-refractivity contribution in [3.63, 3.8) is 0 Å². The van der Waals surface area contributed by atoms with E-state index in [9.17, 15) is 9.59 Å². The third-order valence-electron chi connectivity index (χ3n) is 5.09. The number of rotatable bonds is 7. The van der Waals surface area contributed by atoms with Gasteiger partial charge in [-0.15, -0.1) is 0 Å². The highest BCUT2D eigenvalue weighted by atomic mass is 16.7. The Morgan fingerprint density at radius 3 is 2.38 bits per heavy atom. The lowest BCUT2D eigenvalue weighted by Gasteiger charge is -2.20. The van der Waals surface area contributed by atoms with Gasteiger partial charge in [-0.1, -0.05) is 47.6 Å². The van der Waals surface area contributed by atoms with E-state index in [0.29, 0.717) is 17.8 Å². The van der Waals surface area contributed by atoms with Crippen LogP contribution in [0.2, 0.25) is 0 Å². The van der Waals surface area contributed by atoms with Gasteiger partial charge in [-0.3, -0.25) is 9.78 Å². The van der Waals surface area contributed by atoms with Gasteiger partial charge in [0.15, 0.2) is 6.10 Å². The number of amides is 1. The van der Waals surface area contributed by atoms with Gasteiger partial charge in [0, 0.05) is 30.1 Å². The Morgan fingerprint density at radius 1 is 0.971 bits per heavy atom. The van der Waals surface area contributed by atoms with Gasteiger partial charge in [0.1, 0.15) is 0 Å². The van der Waals surface area contributed by atoms with Gasteiger partial charge < -0.3 is 19.6 Å². The van der Waals surface area contributed by atoms with Crippen molar-refractivity contribution in [2.24, 2.45) is 5.16 Å². The largest absolute Gasteiger partial charge is 0.509 e. The van der Waals surface area contributed by atoms with Crippen LogP contribution in [0, 0.1) is 0 Å². The van der Waals surface area contributed by atoms with Crippen LogP contribution in [0.5, 0.6) is 0 Å². The van der Waals surface area contributed by atoms with Gasteiger partial charge in [0.05, 0.1) is 11.8 Å². The first-order valence-corrected chi connectivity index (χ1v) is 11.0. The summed E-state index contributed by atoms with van der Waals surface area (Å²) in [7, 11) is 0. The molecule has 2 aromatic carbocycles. The smallest absolute Gasteiger partial charge is 0.432 e. The molecule has 1 aromatic heterocycles. The third kappa shape index (κ3) is 5.78. The van der Waals surface area contributed by atoms with E-state index in [1.807, 2.05) is 42.5 Å². The molecular weight excluding hydrogens is 434 g/mol. The Kier molecular flexibility index (Phi) is 7.17. The molecule has 0 spiro atoms. The van der Waals surface area contributed by atoms with Crippen molar-refractivity contribution >= 4 is 23.5 Å².